The van der Waals surface area contributed by atoms with E-state index in [1.807, 2.05) is 6.07 Å². The van der Waals surface area contributed by atoms with Gasteiger partial charge in [0, 0.05) is 0 Å². The predicted octanol–water partition coefficient (Wildman–Crippen LogP) is 1.55. The van der Waals surface area contributed by atoms with Gasteiger partial charge in [-0.3, -0.25) is 4.84 Å². The fraction of sp³-hybridized carbons (Fsp3) is 0.250. The summed E-state index contributed by atoms with van der Waals surface area (Å²) >= 11 is 0. The lowest BCUT2D eigenvalue weighted by atomic mass is 10.1. The minimum Gasteiger partial charge on any atom is -0.300 e. The monoisotopic (exact) mass is 155 g/mol. The van der Waals surface area contributed by atoms with Crippen molar-refractivity contribution >= 4 is 0 Å². The third-order valence-corrected chi connectivity index (χ3v) is 1.40. The first kappa shape index (κ1) is 8.17. The Morgan fingerprint density at radius 1 is 1.36 bits per heavy atom. The predicted molar refractivity (Wildman–Crippen MR) is 40.2 cm³/mol. The van der Waals surface area contributed by atoms with Gasteiger partial charge in [-0.25, -0.2) is 10.3 Å². The minimum atomic E-state index is -0.446. The molecular weight excluding hydrogens is 145 g/mol. The first-order chi connectivity index (χ1) is 5.36. The smallest absolute Gasteiger partial charge is 0.115 e. The van der Waals surface area contributed by atoms with Crippen LogP contribution in [0.4, 0.5) is 4.39 Å². The minimum absolute atomic E-state index is 0.327. The maximum Gasteiger partial charge on any atom is 0.115 e. The standard InChI is InChI=1S/C8H10FNO/c9-5-7-2-1-3-8(4-7)6-11-10/h1-4H,5-6,10H2. The average molecular weight is 155 g/mol. The molecule has 0 amide bonds. The van der Waals surface area contributed by atoms with Gasteiger partial charge in [-0.2, -0.15) is 0 Å². The van der Waals surface area contributed by atoms with Gasteiger partial charge in [-0.15, -0.1) is 0 Å². The molecule has 2 nitrogen and oxygen atoms in total. The summed E-state index contributed by atoms with van der Waals surface area (Å²) in [6.07, 6.45) is 0. The number of hydrogen-bond acceptors (Lipinski definition) is 2. The van der Waals surface area contributed by atoms with E-state index in [4.69, 9.17) is 5.90 Å². The van der Waals surface area contributed by atoms with Crippen LogP contribution in [0.15, 0.2) is 24.3 Å². The highest BCUT2D eigenvalue weighted by atomic mass is 19.1. The van der Waals surface area contributed by atoms with Gasteiger partial charge < -0.3 is 0 Å². The molecule has 0 aliphatic carbocycles. The molecule has 3 heteroatoms. The molecule has 0 aliphatic rings. The Labute approximate surface area is 64.7 Å². The second-order valence-electron chi connectivity index (χ2n) is 2.26. The van der Waals surface area contributed by atoms with E-state index in [2.05, 4.69) is 4.84 Å². The Morgan fingerprint density at radius 3 is 2.73 bits per heavy atom. The summed E-state index contributed by atoms with van der Waals surface area (Å²) in [5.41, 5.74) is 1.54. The highest BCUT2D eigenvalue weighted by Gasteiger charge is 1.93. The Balaban J connectivity index is 2.74. The summed E-state index contributed by atoms with van der Waals surface area (Å²) in [6, 6.07) is 7.07. The van der Waals surface area contributed by atoms with E-state index in [-0.39, 0.29) is 0 Å². The summed E-state index contributed by atoms with van der Waals surface area (Å²) in [5.74, 6) is 4.86. The van der Waals surface area contributed by atoms with Crippen molar-refractivity contribution in [2.45, 2.75) is 13.3 Å². The zero-order chi connectivity index (χ0) is 8.10. The summed E-state index contributed by atoms with van der Waals surface area (Å²) in [7, 11) is 0. The first-order valence-corrected chi connectivity index (χ1v) is 3.32. The van der Waals surface area contributed by atoms with Crippen molar-refractivity contribution in [3.63, 3.8) is 0 Å². The van der Waals surface area contributed by atoms with E-state index in [1.54, 1.807) is 18.2 Å². The zero-order valence-electron chi connectivity index (χ0n) is 6.09. The van der Waals surface area contributed by atoms with Gasteiger partial charge >= 0.3 is 0 Å². The average Bonchev–Trinajstić information content (AvgIpc) is 2.06. The number of alkyl halides is 1. The van der Waals surface area contributed by atoms with Crippen LogP contribution >= 0.6 is 0 Å². The van der Waals surface area contributed by atoms with Crippen molar-refractivity contribution in [1.82, 2.24) is 0 Å². The molecule has 1 aromatic rings. The number of hydrogen-bond donors (Lipinski definition) is 1. The molecule has 1 aromatic carbocycles. The molecule has 0 radical (unpaired) electrons. The summed E-state index contributed by atoms with van der Waals surface area (Å²) < 4.78 is 12.1. The number of benzene rings is 1. The molecule has 2 N–H and O–H groups in total. The normalized spacial score (nSPS) is 10.0. The highest BCUT2D eigenvalue weighted by Crippen LogP contribution is 2.06. The van der Waals surface area contributed by atoms with Crippen molar-refractivity contribution < 1.29 is 9.23 Å². The van der Waals surface area contributed by atoms with Gasteiger partial charge in [0.2, 0.25) is 0 Å². The van der Waals surface area contributed by atoms with Crippen LogP contribution < -0.4 is 5.90 Å². The Morgan fingerprint density at radius 2 is 2.09 bits per heavy atom. The van der Waals surface area contributed by atoms with E-state index >= 15 is 0 Å². The molecule has 0 heterocycles. The maximum absolute atomic E-state index is 12.1. The maximum atomic E-state index is 12.1. The Bertz CT molecular complexity index is 227. The van der Waals surface area contributed by atoms with E-state index in [9.17, 15) is 4.39 Å². The molecule has 0 bridgehead atoms. The van der Waals surface area contributed by atoms with Crippen molar-refractivity contribution in [3.8, 4) is 0 Å². The SMILES string of the molecule is NOCc1cccc(CF)c1. The van der Waals surface area contributed by atoms with Gasteiger partial charge in [0.15, 0.2) is 0 Å². The Hall–Kier alpha value is -0.930. The second kappa shape index (κ2) is 4.05. The van der Waals surface area contributed by atoms with Crippen molar-refractivity contribution in [2.75, 3.05) is 0 Å². The molecule has 0 fully saturated rings. The number of rotatable bonds is 3. The molecule has 0 aromatic heterocycles. The summed E-state index contributed by atoms with van der Waals surface area (Å²) in [6.45, 7) is -0.119. The first-order valence-electron chi connectivity index (χ1n) is 3.32. The molecule has 0 unspecified atom stereocenters. The van der Waals surface area contributed by atoms with E-state index in [0.717, 1.165) is 5.56 Å². The third kappa shape index (κ3) is 2.29. The second-order valence-corrected chi connectivity index (χ2v) is 2.26. The number of halogens is 1. The van der Waals surface area contributed by atoms with Crippen molar-refractivity contribution in [1.29, 1.82) is 0 Å². The fourth-order valence-electron chi connectivity index (χ4n) is 0.899. The summed E-state index contributed by atoms with van der Waals surface area (Å²) in [5, 5.41) is 0. The van der Waals surface area contributed by atoms with Gasteiger partial charge in [-0.05, 0) is 11.1 Å². The molecule has 0 saturated heterocycles. The molecule has 11 heavy (non-hydrogen) atoms. The third-order valence-electron chi connectivity index (χ3n) is 1.40. The lowest BCUT2D eigenvalue weighted by Crippen LogP contribution is -1.98. The van der Waals surface area contributed by atoms with Gasteiger partial charge in [0.05, 0.1) is 6.61 Å². The van der Waals surface area contributed by atoms with Gasteiger partial charge in [-0.1, -0.05) is 24.3 Å². The molecule has 0 saturated carbocycles. The van der Waals surface area contributed by atoms with Crippen LogP contribution in [0.25, 0.3) is 0 Å². The van der Waals surface area contributed by atoms with E-state index in [1.165, 1.54) is 0 Å². The quantitative estimate of drug-likeness (QED) is 0.672. The van der Waals surface area contributed by atoms with E-state index in [0.29, 0.717) is 12.2 Å². The topological polar surface area (TPSA) is 35.2 Å². The lowest BCUT2D eigenvalue weighted by Gasteiger charge is -1.99. The Kier molecular flexibility index (Phi) is 3.01. The van der Waals surface area contributed by atoms with Crippen LogP contribution in [0.3, 0.4) is 0 Å². The van der Waals surface area contributed by atoms with Crippen LogP contribution in [0.1, 0.15) is 11.1 Å². The molecule has 0 aliphatic heterocycles. The van der Waals surface area contributed by atoms with Crippen LogP contribution in [0.2, 0.25) is 0 Å². The van der Waals surface area contributed by atoms with Crippen LogP contribution in [-0.4, -0.2) is 0 Å². The molecular formula is C8H10FNO. The van der Waals surface area contributed by atoms with Crippen LogP contribution in [0.5, 0.6) is 0 Å². The molecule has 60 valence electrons. The van der Waals surface area contributed by atoms with Crippen molar-refractivity contribution in [2.24, 2.45) is 5.90 Å². The lowest BCUT2D eigenvalue weighted by molar-refractivity contribution is 0.124. The fourth-order valence-corrected chi connectivity index (χ4v) is 0.899. The van der Waals surface area contributed by atoms with Crippen molar-refractivity contribution in [3.05, 3.63) is 35.4 Å². The highest BCUT2D eigenvalue weighted by molar-refractivity contribution is 5.22. The largest absolute Gasteiger partial charge is 0.300 e. The van der Waals surface area contributed by atoms with E-state index < -0.39 is 6.67 Å². The van der Waals surface area contributed by atoms with Gasteiger partial charge in [0.25, 0.3) is 0 Å². The summed E-state index contributed by atoms with van der Waals surface area (Å²) in [4.78, 5) is 4.40. The van der Waals surface area contributed by atoms with Crippen LogP contribution in [0, 0.1) is 0 Å². The molecule has 0 spiro atoms. The van der Waals surface area contributed by atoms with Gasteiger partial charge in [0.1, 0.15) is 6.67 Å². The number of nitrogens with two attached hydrogens (primary N) is 1. The zero-order valence-corrected chi connectivity index (χ0v) is 6.09. The molecule has 1 rings (SSSR count). The van der Waals surface area contributed by atoms with Crippen LogP contribution in [-0.2, 0) is 18.1 Å². The molecule has 0 atom stereocenters.